The quantitative estimate of drug-likeness (QED) is 0.747. The van der Waals surface area contributed by atoms with Gasteiger partial charge in [0.15, 0.2) is 0 Å². The zero-order valence-electron chi connectivity index (χ0n) is 7.79. The summed E-state index contributed by atoms with van der Waals surface area (Å²) in [5.41, 5.74) is 8.17. The minimum Gasteiger partial charge on any atom is -0.383 e. The molecule has 0 bridgehead atoms. The van der Waals surface area contributed by atoms with Gasteiger partial charge in [0.25, 0.3) is 0 Å². The number of rotatable bonds is 3. The normalized spacial score (nSPS) is 10.0. The van der Waals surface area contributed by atoms with Crippen molar-refractivity contribution in [2.45, 2.75) is 13.8 Å². The van der Waals surface area contributed by atoms with E-state index in [-0.39, 0.29) is 0 Å². The van der Waals surface area contributed by atoms with E-state index in [1.54, 1.807) is 6.20 Å². The van der Waals surface area contributed by atoms with Crippen LogP contribution >= 0.6 is 8.86 Å². The molecule has 13 heavy (non-hydrogen) atoms. The van der Waals surface area contributed by atoms with E-state index in [2.05, 4.69) is 13.8 Å². The average molecular weight is 196 g/mol. The van der Waals surface area contributed by atoms with Crippen molar-refractivity contribution in [2.24, 2.45) is 0 Å². The van der Waals surface area contributed by atoms with Gasteiger partial charge in [-0.2, -0.15) is 0 Å². The lowest BCUT2D eigenvalue weighted by Gasteiger charge is -2.07. The first kappa shape index (κ1) is 10.2. The van der Waals surface area contributed by atoms with Crippen LogP contribution < -0.4 is 5.73 Å². The lowest BCUT2D eigenvalue weighted by molar-refractivity contribution is 0.337. The molecule has 0 aliphatic heterocycles. The summed E-state index contributed by atoms with van der Waals surface area (Å²) >= 11 is 0. The van der Waals surface area contributed by atoms with Gasteiger partial charge in [0.1, 0.15) is 11.3 Å². The second-order valence-corrected chi connectivity index (χ2v) is 3.16. The van der Waals surface area contributed by atoms with Crippen LogP contribution in [-0.2, 0) is 4.74 Å². The van der Waals surface area contributed by atoms with Gasteiger partial charge >= 0.3 is 0 Å². The van der Waals surface area contributed by atoms with Crippen LogP contribution in [0.15, 0.2) is 12.3 Å². The number of nitrogen functional groups attached to an aromatic ring is 1. The first-order chi connectivity index (χ1) is 6.15. The van der Waals surface area contributed by atoms with Gasteiger partial charge < -0.3 is 10.5 Å². The van der Waals surface area contributed by atoms with Crippen molar-refractivity contribution >= 4 is 20.2 Å². The second kappa shape index (κ2) is 4.35. The number of anilines is 1. The molecule has 4 heteroatoms. The van der Waals surface area contributed by atoms with Crippen LogP contribution in [0.3, 0.4) is 0 Å². The van der Waals surface area contributed by atoms with E-state index in [0.717, 1.165) is 11.1 Å². The highest BCUT2D eigenvalue weighted by atomic mass is 31.0. The van der Waals surface area contributed by atoms with Crippen LogP contribution in [-0.4, -0.2) is 17.1 Å². The van der Waals surface area contributed by atoms with Crippen molar-refractivity contribution in [3.8, 4) is 0 Å². The third-order valence-corrected chi connectivity index (χ3v) is 2.00. The molecule has 0 aliphatic rings. The molecule has 0 aliphatic carbocycles. The third kappa shape index (κ3) is 2.51. The molecule has 1 rings (SSSR count). The van der Waals surface area contributed by atoms with Crippen LogP contribution in [0, 0.1) is 6.92 Å². The fourth-order valence-corrected chi connectivity index (χ4v) is 1.33. The Morgan fingerprint density at radius 1 is 1.69 bits per heavy atom. The lowest BCUT2D eigenvalue weighted by atomic mass is 10.2. The number of aromatic nitrogens is 1. The van der Waals surface area contributed by atoms with E-state index >= 15 is 0 Å². The number of nitrogens with zero attached hydrogens (tertiary/aromatic N) is 1. The molecule has 0 aromatic carbocycles. The molecule has 1 heterocycles. The molecule has 0 atom stereocenters. The molecule has 0 radical (unpaired) electrons. The Bertz CT molecular complexity index is 325. The topological polar surface area (TPSA) is 48.1 Å². The molecule has 1 aromatic rings. The molecule has 2 N–H and O–H groups in total. The van der Waals surface area contributed by atoms with Gasteiger partial charge in [0.05, 0.1) is 12.2 Å². The predicted octanol–water partition coefficient (Wildman–Crippen LogP) is 1.63. The molecule has 70 valence electrons. The van der Waals surface area contributed by atoms with E-state index in [4.69, 9.17) is 10.5 Å². The maximum atomic E-state index is 5.68. The zero-order chi connectivity index (χ0) is 9.84. The van der Waals surface area contributed by atoms with Gasteiger partial charge in [-0.05, 0) is 25.5 Å². The molecular formula is C9H13N2OP. The molecule has 0 unspecified atom stereocenters. The number of aryl methyl sites for hydroxylation is 1. The standard InChI is InChI=1S/C9H13N2OP/c1-3-12-9(13)7-4-6(2)5-11-8(7)10/h4-5,13H,3H2,1-2H3,(H2,10,11). The Kier molecular flexibility index (Phi) is 3.40. The Hall–Kier alpha value is -0.920. The molecule has 0 spiro atoms. The van der Waals surface area contributed by atoms with Gasteiger partial charge in [-0.25, -0.2) is 4.98 Å². The summed E-state index contributed by atoms with van der Waals surface area (Å²) in [6, 6.07) is 1.93. The molecule has 0 fully saturated rings. The Morgan fingerprint density at radius 3 is 3.00 bits per heavy atom. The number of pyridine rings is 1. The third-order valence-electron chi connectivity index (χ3n) is 1.59. The summed E-state index contributed by atoms with van der Waals surface area (Å²) in [5.74, 6) is 0.476. The van der Waals surface area contributed by atoms with Gasteiger partial charge in [-0.15, -0.1) is 0 Å². The number of hydrogen-bond donors (Lipinski definition) is 1. The smallest absolute Gasteiger partial charge is 0.133 e. The Balaban J connectivity index is 2.99. The predicted molar refractivity (Wildman–Crippen MR) is 57.4 cm³/mol. The number of ether oxygens (including phenoxy) is 1. The van der Waals surface area contributed by atoms with Crippen LogP contribution in [0.5, 0.6) is 0 Å². The van der Waals surface area contributed by atoms with Gasteiger partial charge in [0, 0.05) is 6.20 Å². The van der Waals surface area contributed by atoms with E-state index in [0.29, 0.717) is 17.9 Å². The van der Waals surface area contributed by atoms with Crippen LogP contribution in [0.4, 0.5) is 5.82 Å². The molecule has 0 amide bonds. The van der Waals surface area contributed by atoms with Crippen LogP contribution in [0.2, 0.25) is 0 Å². The van der Waals surface area contributed by atoms with Crippen molar-refractivity contribution in [3.05, 3.63) is 23.4 Å². The van der Waals surface area contributed by atoms with Crippen molar-refractivity contribution in [2.75, 3.05) is 12.3 Å². The first-order valence-corrected chi connectivity index (χ1v) is 4.59. The van der Waals surface area contributed by atoms with Gasteiger partial charge in [-0.1, -0.05) is 8.86 Å². The summed E-state index contributed by atoms with van der Waals surface area (Å²) < 4.78 is 5.27. The van der Waals surface area contributed by atoms with Gasteiger partial charge in [0.2, 0.25) is 0 Å². The SMILES string of the molecule is CCOC(=P)c1cc(C)cnc1N. The fraction of sp³-hybridized carbons (Fsp3) is 0.333. The number of nitrogens with two attached hydrogens (primary N) is 1. The monoisotopic (exact) mass is 196 g/mol. The molecule has 3 nitrogen and oxygen atoms in total. The highest BCUT2D eigenvalue weighted by Gasteiger charge is 2.05. The van der Waals surface area contributed by atoms with Gasteiger partial charge in [-0.3, -0.25) is 0 Å². The summed E-state index contributed by atoms with van der Waals surface area (Å²) in [6.45, 7) is 4.48. The van der Waals surface area contributed by atoms with Crippen molar-refractivity contribution in [1.29, 1.82) is 0 Å². The summed E-state index contributed by atoms with van der Waals surface area (Å²) in [4.78, 5) is 4.03. The lowest BCUT2D eigenvalue weighted by Crippen LogP contribution is -2.08. The van der Waals surface area contributed by atoms with Crippen molar-refractivity contribution < 1.29 is 4.74 Å². The van der Waals surface area contributed by atoms with Crippen LogP contribution in [0.1, 0.15) is 18.1 Å². The minimum absolute atomic E-state index is 0.476. The van der Waals surface area contributed by atoms with Crippen molar-refractivity contribution in [3.63, 3.8) is 0 Å². The highest BCUT2D eigenvalue weighted by molar-refractivity contribution is 7.21. The van der Waals surface area contributed by atoms with Crippen molar-refractivity contribution in [1.82, 2.24) is 4.98 Å². The largest absolute Gasteiger partial charge is 0.383 e. The first-order valence-electron chi connectivity index (χ1n) is 4.09. The van der Waals surface area contributed by atoms with E-state index < -0.39 is 0 Å². The molecular weight excluding hydrogens is 183 g/mol. The Morgan fingerprint density at radius 2 is 2.38 bits per heavy atom. The van der Waals surface area contributed by atoms with Crippen LogP contribution in [0.25, 0.3) is 0 Å². The maximum Gasteiger partial charge on any atom is 0.133 e. The Labute approximate surface area is 80.2 Å². The van der Waals surface area contributed by atoms with E-state index in [1.807, 2.05) is 19.9 Å². The number of hydrogen-bond acceptors (Lipinski definition) is 3. The van der Waals surface area contributed by atoms with E-state index in [9.17, 15) is 0 Å². The average Bonchev–Trinajstić information content (AvgIpc) is 2.09. The summed E-state index contributed by atoms with van der Waals surface area (Å²) in [7, 11) is 3.36. The summed E-state index contributed by atoms with van der Waals surface area (Å²) in [6.07, 6.45) is 1.73. The second-order valence-electron chi connectivity index (χ2n) is 2.71. The molecule has 1 aromatic heterocycles. The molecule has 0 saturated heterocycles. The summed E-state index contributed by atoms with van der Waals surface area (Å²) in [5, 5.41) is 0. The minimum atomic E-state index is 0.476. The highest BCUT2D eigenvalue weighted by Crippen LogP contribution is 2.13. The molecule has 0 saturated carbocycles. The van der Waals surface area contributed by atoms with E-state index in [1.165, 1.54) is 0 Å². The fourth-order valence-electron chi connectivity index (χ4n) is 0.984. The maximum absolute atomic E-state index is 5.68. The zero-order valence-corrected chi connectivity index (χ0v) is 8.79.